The number of anilines is 1. The predicted octanol–water partition coefficient (Wildman–Crippen LogP) is 2.55. The number of halogens is 1. The second kappa shape index (κ2) is 8.61. The fourth-order valence-corrected chi connectivity index (χ4v) is 3.07. The predicted molar refractivity (Wildman–Crippen MR) is 104 cm³/mol. The Morgan fingerprint density at radius 1 is 1.21 bits per heavy atom. The van der Waals surface area contributed by atoms with E-state index in [4.69, 9.17) is 15.3 Å². The molecule has 0 aliphatic carbocycles. The van der Waals surface area contributed by atoms with Gasteiger partial charge in [0, 0.05) is 11.6 Å². The Hall–Kier alpha value is -3.27. The number of carbonyl (C=O) groups excluding carboxylic acids is 1. The summed E-state index contributed by atoms with van der Waals surface area (Å²) in [6, 6.07) is 10.9. The Balaban J connectivity index is 1.66. The molecule has 10 heteroatoms. The second-order valence-corrected chi connectivity index (χ2v) is 6.53. The van der Waals surface area contributed by atoms with Gasteiger partial charge in [0.15, 0.2) is 5.82 Å². The van der Waals surface area contributed by atoms with E-state index in [2.05, 4.69) is 15.5 Å². The number of methoxy groups -OCH3 is 2. The number of carbonyl (C=O) groups is 1. The number of nitrogen functional groups attached to an aromatic ring is 1. The van der Waals surface area contributed by atoms with E-state index >= 15 is 0 Å². The van der Waals surface area contributed by atoms with Crippen molar-refractivity contribution in [3.05, 3.63) is 48.3 Å². The first-order chi connectivity index (χ1) is 13.5. The quantitative estimate of drug-likeness (QED) is 0.461. The standard InChI is InChI=1S/C18H18FN5O3S/c1-26-13-6-7-14(15(9-13)27-2)21-16(25)10-28-18-23-22-17(24(18)20)11-4-3-5-12(19)8-11/h3-9H,10,20H2,1-2H3,(H,21,25). The van der Waals surface area contributed by atoms with Crippen LogP contribution in [0.5, 0.6) is 11.5 Å². The number of aromatic nitrogens is 3. The number of benzene rings is 2. The summed E-state index contributed by atoms with van der Waals surface area (Å²) in [5.41, 5.74) is 1.01. The van der Waals surface area contributed by atoms with E-state index < -0.39 is 5.82 Å². The maximum Gasteiger partial charge on any atom is 0.234 e. The first kappa shape index (κ1) is 19.5. The van der Waals surface area contributed by atoms with Gasteiger partial charge in [-0.3, -0.25) is 4.79 Å². The van der Waals surface area contributed by atoms with Crippen LogP contribution in [0.4, 0.5) is 10.1 Å². The molecule has 2 aromatic carbocycles. The van der Waals surface area contributed by atoms with Gasteiger partial charge in [0.25, 0.3) is 0 Å². The number of nitrogens with two attached hydrogens (primary N) is 1. The minimum Gasteiger partial charge on any atom is -0.497 e. The fourth-order valence-electron chi connectivity index (χ4n) is 2.42. The Kier molecular flexibility index (Phi) is 5.99. The Morgan fingerprint density at radius 3 is 2.75 bits per heavy atom. The molecule has 1 aromatic heterocycles. The van der Waals surface area contributed by atoms with Crippen LogP contribution in [0.1, 0.15) is 0 Å². The molecule has 1 amide bonds. The molecule has 3 aromatic rings. The lowest BCUT2D eigenvalue weighted by atomic mass is 10.2. The third kappa shape index (κ3) is 4.34. The van der Waals surface area contributed by atoms with Crippen LogP contribution in [0.3, 0.4) is 0 Å². The summed E-state index contributed by atoms with van der Waals surface area (Å²) < 4.78 is 25.0. The molecule has 1 heterocycles. The number of thioether (sulfide) groups is 1. The molecule has 28 heavy (non-hydrogen) atoms. The van der Waals surface area contributed by atoms with Crippen LogP contribution in [-0.2, 0) is 4.79 Å². The van der Waals surface area contributed by atoms with Gasteiger partial charge in [0.05, 0.1) is 25.7 Å². The maximum absolute atomic E-state index is 13.4. The number of rotatable bonds is 7. The third-order valence-corrected chi connectivity index (χ3v) is 4.71. The molecule has 0 saturated heterocycles. The molecule has 146 valence electrons. The SMILES string of the molecule is COc1ccc(NC(=O)CSc2nnc(-c3cccc(F)c3)n2N)c(OC)c1. The number of amides is 1. The highest BCUT2D eigenvalue weighted by Gasteiger charge is 2.15. The van der Waals surface area contributed by atoms with Crippen molar-refractivity contribution < 1.29 is 18.7 Å². The van der Waals surface area contributed by atoms with Gasteiger partial charge in [0.2, 0.25) is 11.1 Å². The summed E-state index contributed by atoms with van der Waals surface area (Å²) in [6.07, 6.45) is 0. The molecule has 0 spiro atoms. The highest BCUT2D eigenvalue weighted by molar-refractivity contribution is 7.99. The van der Waals surface area contributed by atoms with Crippen molar-refractivity contribution in [2.24, 2.45) is 0 Å². The van der Waals surface area contributed by atoms with Gasteiger partial charge in [0.1, 0.15) is 17.3 Å². The molecule has 0 atom stereocenters. The molecular weight excluding hydrogens is 385 g/mol. The number of nitrogens with zero attached hydrogens (tertiary/aromatic N) is 3. The molecule has 0 fully saturated rings. The number of ether oxygens (including phenoxy) is 2. The van der Waals surface area contributed by atoms with Crippen LogP contribution in [0, 0.1) is 5.82 Å². The summed E-state index contributed by atoms with van der Waals surface area (Å²) in [4.78, 5) is 12.3. The zero-order chi connectivity index (χ0) is 20.1. The fraction of sp³-hybridized carbons (Fsp3) is 0.167. The van der Waals surface area contributed by atoms with Gasteiger partial charge in [-0.15, -0.1) is 10.2 Å². The largest absolute Gasteiger partial charge is 0.497 e. The lowest BCUT2D eigenvalue weighted by Gasteiger charge is -2.11. The Morgan fingerprint density at radius 2 is 2.04 bits per heavy atom. The third-order valence-electron chi connectivity index (χ3n) is 3.76. The van der Waals surface area contributed by atoms with Crippen LogP contribution in [-0.4, -0.2) is 40.8 Å². The van der Waals surface area contributed by atoms with Gasteiger partial charge in [-0.1, -0.05) is 23.9 Å². The molecule has 0 unspecified atom stereocenters. The number of hydrogen-bond acceptors (Lipinski definition) is 7. The van der Waals surface area contributed by atoms with Crippen molar-refractivity contribution in [1.82, 2.24) is 14.9 Å². The highest BCUT2D eigenvalue weighted by Crippen LogP contribution is 2.29. The van der Waals surface area contributed by atoms with Gasteiger partial charge >= 0.3 is 0 Å². The summed E-state index contributed by atoms with van der Waals surface area (Å²) in [6.45, 7) is 0. The zero-order valence-electron chi connectivity index (χ0n) is 15.2. The first-order valence-corrected chi connectivity index (χ1v) is 9.11. The molecule has 0 aliphatic heterocycles. The molecule has 3 rings (SSSR count). The maximum atomic E-state index is 13.4. The van der Waals surface area contributed by atoms with Crippen molar-refractivity contribution in [3.8, 4) is 22.9 Å². The van der Waals surface area contributed by atoms with Crippen molar-refractivity contribution in [2.45, 2.75) is 5.16 Å². The minimum atomic E-state index is -0.400. The van der Waals surface area contributed by atoms with Crippen LogP contribution >= 0.6 is 11.8 Å². The summed E-state index contributed by atoms with van der Waals surface area (Å²) in [5, 5.41) is 11.0. The van der Waals surface area contributed by atoms with Crippen LogP contribution in [0.2, 0.25) is 0 Å². The van der Waals surface area contributed by atoms with Crippen molar-refractivity contribution in [1.29, 1.82) is 0 Å². The van der Waals surface area contributed by atoms with E-state index in [1.165, 1.54) is 23.9 Å². The Labute approximate surface area is 164 Å². The van der Waals surface area contributed by atoms with Crippen LogP contribution in [0.25, 0.3) is 11.4 Å². The number of hydrogen-bond donors (Lipinski definition) is 2. The molecule has 0 radical (unpaired) electrons. The van der Waals surface area contributed by atoms with Crippen molar-refractivity contribution >= 4 is 23.4 Å². The molecule has 8 nitrogen and oxygen atoms in total. The van der Waals surface area contributed by atoms with Crippen LogP contribution < -0.4 is 20.6 Å². The lowest BCUT2D eigenvalue weighted by Crippen LogP contribution is -2.17. The summed E-state index contributed by atoms with van der Waals surface area (Å²) in [5.74, 6) is 6.76. The van der Waals surface area contributed by atoms with E-state index in [0.717, 1.165) is 11.8 Å². The van der Waals surface area contributed by atoms with Crippen LogP contribution in [0.15, 0.2) is 47.6 Å². The second-order valence-electron chi connectivity index (χ2n) is 5.59. The molecule has 0 aliphatic rings. The van der Waals surface area contributed by atoms with E-state index in [9.17, 15) is 9.18 Å². The molecule has 3 N–H and O–H groups in total. The smallest absolute Gasteiger partial charge is 0.234 e. The van der Waals surface area contributed by atoms with E-state index in [1.807, 2.05) is 0 Å². The van der Waals surface area contributed by atoms with Gasteiger partial charge < -0.3 is 20.6 Å². The highest BCUT2D eigenvalue weighted by atomic mass is 32.2. The molecular formula is C18H18FN5O3S. The first-order valence-electron chi connectivity index (χ1n) is 8.13. The average Bonchev–Trinajstić information content (AvgIpc) is 3.07. The number of nitrogens with one attached hydrogen (secondary N) is 1. The molecule has 0 bridgehead atoms. The summed E-state index contributed by atoms with van der Waals surface area (Å²) in [7, 11) is 3.05. The van der Waals surface area contributed by atoms with Crippen molar-refractivity contribution in [3.63, 3.8) is 0 Å². The molecule has 0 saturated carbocycles. The van der Waals surface area contributed by atoms with E-state index in [0.29, 0.717) is 33.7 Å². The normalized spacial score (nSPS) is 10.5. The average molecular weight is 403 g/mol. The van der Waals surface area contributed by atoms with Crippen molar-refractivity contribution in [2.75, 3.05) is 31.1 Å². The van der Waals surface area contributed by atoms with E-state index in [-0.39, 0.29) is 11.7 Å². The van der Waals surface area contributed by atoms with Gasteiger partial charge in [-0.05, 0) is 24.3 Å². The summed E-state index contributed by atoms with van der Waals surface area (Å²) >= 11 is 1.11. The van der Waals surface area contributed by atoms with E-state index in [1.54, 1.807) is 37.4 Å². The van der Waals surface area contributed by atoms with Gasteiger partial charge in [-0.25, -0.2) is 9.07 Å². The topological polar surface area (TPSA) is 104 Å². The lowest BCUT2D eigenvalue weighted by molar-refractivity contribution is -0.113. The van der Waals surface area contributed by atoms with Gasteiger partial charge in [-0.2, -0.15) is 0 Å². The zero-order valence-corrected chi connectivity index (χ0v) is 16.0. The Bertz CT molecular complexity index is 995. The monoisotopic (exact) mass is 403 g/mol. The minimum absolute atomic E-state index is 0.0493.